The van der Waals surface area contributed by atoms with Crippen molar-refractivity contribution in [2.24, 2.45) is 11.5 Å². The first-order chi connectivity index (χ1) is 8.15. The lowest BCUT2D eigenvalue weighted by Crippen LogP contribution is -2.39. The molecule has 2 rings (SSSR count). The van der Waals surface area contributed by atoms with Crippen LogP contribution in [-0.2, 0) is 11.2 Å². The molecular formula is C13H19N3O. The van der Waals surface area contributed by atoms with Crippen LogP contribution in [0.1, 0.15) is 18.4 Å². The minimum atomic E-state index is -0.289. The molecule has 1 aliphatic rings. The van der Waals surface area contributed by atoms with Gasteiger partial charge in [0.05, 0.1) is 6.42 Å². The highest BCUT2D eigenvalue weighted by Gasteiger charge is 2.16. The van der Waals surface area contributed by atoms with Gasteiger partial charge < -0.3 is 16.4 Å². The molecule has 0 saturated carbocycles. The highest BCUT2D eigenvalue weighted by Crippen LogP contribution is 2.20. The lowest BCUT2D eigenvalue weighted by Gasteiger charge is -2.32. The van der Waals surface area contributed by atoms with Crippen molar-refractivity contribution in [2.45, 2.75) is 25.3 Å². The maximum absolute atomic E-state index is 10.9. The van der Waals surface area contributed by atoms with Gasteiger partial charge in [0.15, 0.2) is 0 Å². The molecular weight excluding hydrogens is 214 g/mol. The van der Waals surface area contributed by atoms with E-state index >= 15 is 0 Å². The number of hydrogen-bond acceptors (Lipinski definition) is 3. The van der Waals surface area contributed by atoms with Crippen LogP contribution in [0.4, 0.5) is 5.69 Å². The Bertz CT molecular complexity index is 397. The summed E-state index contributed by atoms with van der Waals surface area (Å²) in [6, 6.07) is 8.36. The zero-order valence-corrected chi connectivity index (χ0v) is 9.93. The van der Waals surface area contributed by atoms with Crippen LogP contribution in [0, 0.1) is 0 Å². The third kappa shape index (κ3) is 3.20. The number of nitrogens with zero attached hydrogens (tertiary/aromatic N) is 1. The van der Waals surface area contributed by atoms with E-state index in [9.17, 15) is 4.79 Å². The number of anilines is 1. The zero-order chi connectivity index (χ0) is 12.3. The van der Waals surface area contributed by atoms with Crippen molar-refractivity contribution in [1.82, 2.24) is 0 Å². The van der Waals surface area contributed by atoms with Gasteiger partial charge in [-0.3, -0.25) is 4.79 Å². The summed E-state index contributed by atoms with van der Waals surface area (Å²) < 4.78 is 0. The van der Waals surface area contributed by atoms with Crippen LogP contribution < -0.4 is 16.4 Å². The molecule has 17 heavy (non-hydrogen) atoms. The largest absolute Gasteiger partial charge is 0.371 e. The van der Waals surface area contributed by atoms with Crippen LogP contribution in [0.5, 0.6) is 0 Å². The molecule has 1 aliphatic heterocycles. The van der Waals surface area contributed by atoms with Crippen molar-refractivity contribution in [2.75, 3.05) is 18.0 Å². The maximum atomic E-state index is 10.9. The molecule has 0 aromatic heterocycles. The first kappa shape index (κ1) is 11.9. The number of hydrogen-bond donors (Lipinski definition) is 2. The average Bonchev–Trinajstić information content (AvgIpc) is 2.29. The number of piperidine rings is 1. The lowest BCUT2D eigenvalue weighted by molar-refractivity contribution is -0.117. The number of nitrogens with two attached hydrogens (primary N) is 2. The highest BCUT2D eigenvalue weighted by molar-refractivity contribution is 5.77. The average molecular weight is 233 g/mol. The summed E-state index contributed by atoms with van der Waals surface area (Å²) in [6.07, 6.45) is 2.36. The Morgan fingerprint density at radius 1 is 1.35 bits per heavy atom. The van der Waals surface area contributed by atoms with Gasteiger partial charge in [0.25, 0.3) is 0 Å². The Morgan fingerprint density at radius 3 is 2.71 bits per heavy atom. The Kier molecular flexibility index (Phi) is 3.64. The third-order valence-corrected chi connectivity index (χ3v) is 3.19. The van der Waals surface area contributed by atoms with Crippen LogP contribution in [0.25, 0.3) is 0 Å². The van der Waals surface area contributed by atoms with E-state index in [1.807, 2.05) is 18.2 Å². The predicted molar refractivity (Wildman–Crippen MR) is 68.8 cm³/mol. The van der Waals surface area contributed by atoms with Gasteiger partial charge in [0.2, 0.25) is 5.91 Å². The third-order valence-electron chi connectivity index (χ3n) is 3.19. The minimum absolute atomic E-state index is 0.289. The molecule has 0 aliphatic carbocycles. The van der Waals surface area contributed by atoms with E-state index in [4.69, 9.17) is 11.5 Å². The summed E-state index contributed by atoms with van der Waals surface area (Å²) in [7, 11) is 0. The van der Waals surface area contributed by atoms with Crippen LogP contribution in [-0.4, -0.2) is 25.0 Å². The number of amides is 1. The Labute approximate surface area is 102 Å². The summed E-state index contributed by atoms with van der Waals surface area (Å²) in [5.41, 5.74) is 13.2. The van der Waals surface area contributed by atoms with Crippen LogP contribution in [0.15, 0.2) is 24.3 Å². The van der Waals surface area contributed by atoms with Gasteiger partial charge in [-0.25, -0.2) is 0 Å². The first-order valence-electron chi connectivity index (χ1n) is 6.03. The summed E-state index contributed by atoms with van der Waals surface area (Å²) in [4.78, 5) is 13.2. The van der Waals surface area contributed by atoms with E-state index in [2.05, 4.69) is 11.0 Å². The molecule has 0 bridgehead atoms. The number of rotatable bonds is 3. The van der Waals surface area contributed by atoms with Crippen molar-refractivity contribution in [3.63, 3.8) is 0 Å². The Hall–Kier alpha value is -1.55. The smallest absolute Gasteiger partial charge is 0.221 e. The lowest BCUT2D eigenvalue weighted by atomic mass is 10.0. The van der Waals surface area contributed by atoms with Gasteiger partial charge in [-0.2, -0.15) is 0 Å². The SMILES string of the molecule is NC(=O)Cc1cccc(N2CCC(N)CC2)c1. The molecule has 1 aromatic rings. The molecule has 0 radical (unpaired) electrons. The van der Waals surface area contributed by atoms with E-state index in [0.29, 0.717) is 12.5 Å². The Morgan fingerprint density at radius 2 is 2.06 bits per heavy atom. The monoisotopic (exact) mass is 233 g/mol. The molecule has 1 fully saturated rings. The number of benzene rings is 1. The molecule has 0 spiro atoms. The molecule has 0 unspecified atom stereocenters. The molecule has 4 N–H and O–H groups in total. The van der Waals surface area contributed by atoms with Crippen LogP contribution >= 0.6 is 0 Å². The minimum Gasteiger partial charge on any atom is -0.371 e. The van der Waals surface area contributed by atoms with Crippen molar-refractivity contribution in [3.8, 4) is 0 Å². The molecule has 1 saturated heterocycles. The zero-order valence-electron chi connectivity index (χ0n) is 9.93. The summed E-state index contributed by atoms with van der Waals surface area (Å²) >= 11 is 0. The highest BCUT2D eigenvalue weighted by atomic mass is 16.1. The fourth-order valence-electron chi connectivity index (χ4n) is 2.22. The van der Waals surface area contributed by atoms with E-state index < -0.39 is 0 Å². The number of primary amides is 1. The molecule has 4 nitrogen and oxygen atoms in total. The van der Waals surface area contributed by atoms with Gasteiger partial charge in [-0.1, -0.05) is 12.1 Å². The van der Waals surface area contributed by atoms with Crippen molar-refractivity contribution < 1.29 is 4.79 Å². The van der Waals surface area contributed by atoms with Crippen molar-refractivity contribution in [1.29, 1.82) is 0 Å². The standard InChI is InChI=1S/C13H19N3O/c14-11-4-6-16(7-5-11)12-3-1-2-10(8-12)9-13(15)17/h1-3,8,11H,4-7,9,14H2,(H2,15,17). The van der Waals surface area contributed by atoms with E-state index in [1.54, 1.807) is 0 Å². The van der Waals surface area contributed by atoms with Crippen molar-refractivity contribution in [3.05, 3.63) is 29.8 Å². The summed E-state index contributed by atoms with van der Waals surface area (Å²) in [6.45, 7) is 1.97. The quantitative estimate of drug-likeness (QED) is 0.804. The normalized spacial score (nSPS) is 17.1. The maximum Gasteiger partial charge on any atom is 0.221 e. The molecule has 92 valence electrons. The fraction of sp³-hybridized carbons (Fsp3) is 0.462. The van der Waals surface area contributed by atoms with Gasteiger partial charge in [0.1, 0.15) is 0 Å². The van der Waals surface area contributed by atoms with E-state index in [-0.39, 0.29) is 5.91 Å². The number of carbonyl (C=O) groups excluding carboxylic acids is 1. The fourth-order valence-corrected chi connectivity index (χ4v) is 2.22. The van der Waals surface area contributed by atoms with Gasteiger partial charge in [0, 0.05) is 24.8 Å². The van der Waals surface area contributed by atoms with Gasteiger partial charge >= 0.3 is 0 Å². The second-order valence-corrected chi connectivity index (χ2v) is 4.64. The molecule has 1 heterocycles. The second-order valence-electron chi connectivity index (χ2n) is 4.64. The van der Waals surface area contributed by atoms with E-state index in [1.165, 1.54) is 0 Å². The topological polar surface area (TPSA) is 72.4 Å². The second kappa shape index (κ2) is 5.19. The predicted octanol–water partition coefficient (Wildman–Crippen LogP) is 0.642. The molecule has 1 aromatic carbocycles. The number of carbonyl (C=O) groups is 1. The van der Waals surface area contributed by atoms with Crippen LogP contribution in [0.3, 0.4) is 0 Å². The van der Waals surface area contributed by atoms with Gasteiger partial charge in [-0.15, -0.1) is 0 Å². The van der Waals surface area contributed by atoms with Gasteiger partial charge in [-0.05, 0) is 30.5 Å². The molecule has 4 heteroatoms. The van der Waals surface area contributed by atoms with E-state index in [0.717, 1.165) is 37.2 Å². The first-order valence-corrected chi connectivity index (χ1v) is 6.03. The summed E-state index contributed by atoms with van der Waals surface area (Å²) in [5, 5.41) is 0. The van der Waals surface area contributed by atoms with Crippen molar-refractivity contribution >= 4 is 11.6 Å². The van der Waals surface area contributed by atoms with Crippen LogP contribution in [0.2, 0.25) is 0 Å². The molecule has 1 amide bonds. The summed E-state index contributed by atoms with van der Waals surface area (Å²) in [5.74, 6) is -0.289. The molecule has 0 atom stereocenters. The Balaban J connectivity index is 2.07.